The van der Waals surface area contributed by atoms with Crippen LogP contribution in [-0.4, -0.2) is 20.0 Å². The minimum atomic E-state index is -3.27. The summed E-state index contributed by atoms with van der Waals surface area (Å²) in [6, 6.07) is 15.7. The minimum absolute atomic E-state index is 0.0309. The molecule has 0 N–H and O–H groups in total. The van der Waals surface area contributed by atoms with E-state index in [-0.39, 0.29) is 29.3 Å². The Kier molecular flexibility index (Phi) is 8.20. The smallest absolute Gasteiger partial charge is 0.191 e. The minimum Gasteiger partial charge on any atom is -0.299 e. The lowest BCUT2D eigenvalue weighted by Gasteiger charge is -2.26. The second-order valence-corrected chi connectivity index (χ2v) is 12.4. The van der Waals surface area contributed by atoms with Crippen LogP contribution in [0.25, 0.3) is 16.0 Å². The normalized spacial score (nSPS) is 13.7. The number of Topliss-reactive ketones (excluding diaryl/α,β-unsaturated/α-hetero) is 1. The van der Waals surface area contributed by atoms with Crippen LogP contribution in [-0.2, 0) is 33.9 Å². The van der Waals surface area contributed by atoms with E-state index < -0.39 is 9.84 Å². The molecule has 1 aliphatic carbocycles. The predicted octanol–water partition coefficient (Wildman–Crippen LogP) is 7.70. The fraction of sp³-hybridized carbons (Fsp3) is 0.310. The number of halogens is 2. The van der Waals surface area contributed by atoms with Crippen molar-refractivity contribution >= 4 is 44.5 Å². The molecule has 0 amide bonds. The SMILES string of the molecule is [C-]#[N+]c1cc(-c2c(Cl)cc(CC(=O)Cc3ccc(S(=O)(=O)CC)cc3)cc2Cl)ccc1CC1CCC1. The number of carbonyl (C=O) groups excluding carboxylic acids is 1. The molecule has 0 bridgehead atoms. The molecule has 3 aromatic carbocycles. The van der Waals surface area contributed by atoms with Crippen molar-refractivity contribution in [3.8, 4) is 11.1 Å². The van der Waals surface area contributed by atoms with Gasteiger partial charge in [-0.1, -0.05) is 73.7 Å². The number of rotatable bonds is 9. The van der Waals surface area contributed by atoms with Crippen LogP contribution >= 0.6 is 23.2 Å². The van der Waals surface area contributed by atoms with Crippen molar-refractivity contribution in [2.24, 2.45) is 5.92 Å². The third-order valence-corrected chi connectivity index (χ3v) is 9.14. The molecule has 1 fully saturated rings. The summed E-state index contributed by atoms with van der Waals surface area (Å²) in [4.78, 5) is 16.7. The highest BCUT2D eigenvalue weighted by Crippen LogP contribution is 2.40. The average molecular weight is 541 g/mol. The summed E-state index contributed by atoms with van der Waals surface area (Å²) in [5, 5.41) is 0.865. The molecular formula is C29H27Cl2NO3S. The van der Waals surface area contributed by atoms with Gasteiger partial charge in [0.2, 0.25) is 0 Å². The molecule has 0 radical (unpaired) electrons. The van der Waals surface area contributed by atoms with Crippen LogP contribution in [0.5, 0.6) is 0 Å². The number of ketones is 1. The maximum absolute atomic E-state index is 12.7. The van der Waals surface area contributed by atoms with E-state index in [1.54, 1.807) is 43.3 Å². The number of sulfone groups is 1. The summed E-state index contributed by atoms with van der Waals surface area (Å²) in [5.41, 5.74) is 4.58. The molecule has 0 atom stereocenters. The van der Waals surface area contributed by atoms with Gasteiger partial charge in [-0.25, -0.2) is 13.3 Å². The Morgan fingerprint density at radius 1 is 0.972 bits per heavy atom. The van der Waals surface area contributed by atoms with Crippen molar-refractivity contribution in [1.29, 1.82) is 0 Å². The van der Waals surface area contributed by atoms with Crippen molar-refractivity contribution in [3.05, 3.63) is 92.8 Å². The van der Waals surface area contributed by atoms with Crippen molar-refractivity contribution in [3.63, 3.8) is 0 Å². The van der Waals surface area contributed by atoms with Gasteiger partial charge in [0.15, 0.2) is 15.5 Å². The Morgan fingerprint density at radius 2 is 1.61 bits per heavy atom. The van der Waals surface area contributed by atoms with Gasteiger partial charge in [0, 0.05) is 18.4 Å². The molecule has 0 unspecified atom stereocenters. The largest absolute Gasteiger partial charge is 0.299 e. The highest BCUT2D eigenvalue weighted by atomic mass is 35.5. The molecule has 3 aromatic rings. The van der Waals surface area contributed by atoms with Crippen LogP contribution in [0.1, 0.15) is 42.9 Å². The summed E-state index contributed by atoms with van der Waals surface area (Å²) < 4.78 is 23.9. The van der Waals surface area contributed by atoms with Crippen LogP contribution in [0.2, 0.25) is 10.0 Å². The molecule has 1 saturated carbocycles. The summed E-state index contributed by atoms with van der Waals surface area (Å²) in [6.07, 6.45) is 4.98. The summed E-state index contributed by atoms with van der Waals surface area (Å²) in [6.45, 7) is 9.22. The predicted molar refractivity (Wildman–Crippen MR) is 146 cm³/mol. The van der Waals surface area contributed by atoms with Crippen molar-refractivity contribution in [2.45, 2.75) is 50.3 Å². The average Bonchev–Trinajstić information content (AvgIpc) is 2.81. The first-order valence-electron chi connectivity index (χ1n) is 12.0. The number of carbonyl (C=O) groups is 1. The highest BCUT2D eigenvalue weighted by molar-refractivity contribution is 7.91. The zero-order valence-electron chi connectivity index (χ0n) is 20.1. The number of hydrogen-bond acceptors (Lipinski definition) is 3. The highest BCUT2D eigenvalue weighted by Gasteiger charge is 2.20. The monoisotopic (exact) mass is 539 g/mol. The first-order chi connectivity index (χ1) is 17.2. The lowest BCUT2D eigenvalue weighted by molar-refractivity contribution is -0.117. The van der Waals surface area contributed by atoms with Gasteiger partial charge in [0.1, 0.15) is 5.78 Å². The Labute approximate surface area is 223 Å². The van der Waals surface area contributed by atoms with Gasteiger partial charge in [-0.05, 0) is 64.9 Å². The van der Waals surface area contributed by atoms with Crippen molar-refractivity contribution in [2.75, 3.05) is 5.75 Å². The molecular weight excluding hydrogens is 513 g/mol. The van der Waals surface area contributed by atoms with E-state index in [9.17, 15) is 13.2 Å². The van der Waals surface area contributed by atoms with Crippen LogP contribution in [0, 0.1) is 12.5 Å². The lowest BCUT2D eigenvalue weighted by atomic mass is 9.80. The first-order valence-corrected chi connectivity index (χ1v) is 14.4. The van der Waals surface area contributed by atoms with Crippen LogP contribution in [0.15, 0.2) is 59.5 Å². The van der Waals surface area contributed by atoms with Gasteiger partial charge in [-0.2, -0.15) is 0 Å². The zero-order valence-corrected chi connectivity index (χ0v) is 22.4. The fourth-order valence-corrected chi connectivity index (χ4v) is 6.14. The third-order valence-electron chi connectivity index (χ3n) is 6.79. The Bertz CT molecular complexity index is 1410. The molecule has 4 nitrogen and oxygen atoms in total. The fourth-order valence-electron chi connectivity index (χ4n) is 4.51. The number of hydrogen-bond donors (Lipinski definition) is 0. The molecule has 0 saturated heterocycles. The summed E-state index contributed by atoms with van der Waals surface area (Å²) in [7, 11) is -3.27. The zero-order chi connectivity index (χ0) is 25.9. The van der Waals surface area contributed by atoms with Gasteiger partial charge >= 0.3 is 0 Å². The second kappa shape index (κ2) is 11.2. The lowest BCUT2D eigenvalue weighted by Crippen LogP contribution is -2.13. The molecule has 0 spiro atoms. The van der Waals surface area contributed by atoms with Gasteiger partial charge in [0.05, 0.1) is 27.3 Å². The topological polar surface area (TPSA) is 55.6 Å². The van der Waals surface area contributed by atoms with Crippen molar-refractivity contribution in [1.82, 2.24) is 0 Å². The van der Waals surface area contributed by atoms with E-state index >= 15 is 0 Å². The van der Waals surface area contributed by atoms with Gasteiger partial charge < -0.3 is 0 Å². The molecule has 0 heterocycles. The van der Waals surface area contributed by atoms with Gasteiger partial charge in [-0.15, -0.1) is 0 Å². The molecule has 0 aliphatic heterocycles. The molecule has 0 aromatic heterocycles. The van der Waals surface area contributed by atoms with E-state index in [1.165, 1.54) is 19.3 Å². The maximum Gasteiger partial charge on any atom is 0.191 e. The quantitative estimate of drug-likeness (QED) is 0.261. The van der Waals surface area contributed by atoms with Crippen LogP contribution in [0.4, 0.5) is 5.69 Å². The van der Waals surface area contributed by atoms with E-state index in [2.05, 4.69) is 4.85 Å². The maximum atomic E-state index is 12.7. The van der Waals surface area contributed by atoms with Crippen molar-refractivity contribution < 1.29 is 13.2 Å². The Balaban J connectivity index is 1.48. The standard InChI is InChI=1S/C29H27Cl2NO3S/c1-3-36(34,35)25-11-7-20(8-12-25)14-24(33)15-21-16-26(30)29(27(31)17-21)23-10-9-22(28(18-23)32-2)13-19-5-4-6-19/h7-12,16-19H,3-6,13-15H2,1H3. The summed E-state index contributed by atoms with van der Waals surface area (Å²) >= 11 is 13.2. The molecule has 186 valence electrons. The molecule has 1 aliphatic rings. The van der Waals surface area contributed by atoms with Gasteiger partial charge in [0.25, 0.3) is 0 Å². The third kappa shape index (κ3) is 6.00. The first kappa shape index (κ1) is 26.4. The van der Waals surface area contributed by atoms with Gasteiger partial charge in [-0.3, -0.25) is 4.79 Å². The second-order valence-electron chi connectivity index (χ2n) is 9.33. The van der Waals surface area contributed by atoms with Crippen LogP contribution in [0.3, 0.4) is 0 Å². The molecule has 7 heteroatoms. The molecule has 4 rings (SSSR count). The van der Waals surface area contributed by atoms with E-state index in [0.29, 0.717) is 32.8 Å². The van der Waals surface area contributed by atoms with E-state index in [1.807, 2.05) is 18.2 Å². The Morgan fingerprint density at radius 3 is 2.17 bits per heavy atom. The molecule has 36 heavy (non-hydrogen) atoms. The van der Waals surface area contributed by atoms with E-state index in [0.717, 1.165) is 23.1 Å². The van der Waals surface area contributed by atoms with Crippen LogP contribution < -0.4 is 0 Å². The Hall–Kier alpha value is -2.65. The van der Waals surface area contributed by atoms with E-state index in [4.69, 9.17) is 29.8 Å². The number of nitrogens with zero attached hydrogens (tertiary/aromatic N) is 1. The summed E-state index contributed by atoms with van der Waals surface area (Å²) in [5.74, 6) is 0.673. The number of benzene rings is 3.